The van der Waals surface area contributed by atoms with Gasteiger partial charge in [0.15, 0.2) is 0 Å². The van der Waals surface area contributed by atoms with Crippen molar-refractivity contribution in [1.29, 1.82) is 0 Å². The third-order valence-electron chi connectivity index (χ3n) is 3.14. The summed E-state index contributed by atoms with van der Waals surface area (Å²) >= 11 is 1.77. The number of hydrogen-bond acceptors (Lipinski definition) is 3. The zero-order valence-electron chi connectivity index (χ0n) is 10.4. The van der Waals surface area contributed by atoms with Gasteiger partial charge in [-0.1, -0.05) is 30.7 Å². The number of aliphatic hydroxyl groups is 1. The highest BCUT2D eigenvalue weighted by Gasteiger charge is 2.21. The van der Waals surface area contributed by atoms with Crippen molar-refractivity contribution in [3.8, 4) is 0 Å². The second-order valence-electron chi connectivity index (χ2n) is 4.55. The first kappa shape index (κ1) is 13.4. The van der Waals surface area contributed by atoms with Gasteiger partial charge in [0.2, 0.25) is 5.91 Å². The second kappa shape index (κ2) is 6.81. The summed E-state index contributed by atoms with van der Waals surface area (Å²) in [6.45, 7) is 0.632. The molecular weight excluding hydrogens is 246 g/mol. The molecule has 0 aromatic heterocycles. The van der Waals surface area contributed by atoms with Crippen molar-refractivity contribution in [2.45, 2.75) is 37.7 Å². The van der Waals surface area contributed by atoms with Gasteiger partial charge < -0.3 is 10.4 Å². The van der Waals surface area contributed by atoms with Crippen LogP contribution in [0.1, 0.15) is 30.4 Å². The highest BCUT2D eigenvalue weighted by Crippen LogP contribution is 2.25. The maximum atomic E-state index is 11.9. The van der Waals surface area contributed by atoms with E-state index in [2.05, 4.69) is 5.32 Å². The first-order valence-corrected chi connectivity index (χ1v) is 7.42. The van der Waals surface area contributed by atoms with Gasteiger partial charge >= 0.3 is 0 Å². The number of rotatable bonds is 4. The summed E-state index contributed by atoms with van der Waals surface area (Å²) in [5, 5.41) is 12.1. The van der Waals surface area contributed by atoms with Crippen LogP contribution in [-0.2, 0) is 17.9 Å². The van der Waals surface area contributed by atoms with Crippen LogP contribution in [0.15, 0.2) is 24.3 Å². The van der Waals surface area contributed by atoms with Crippen LogP contribution in [0.2, 0.25) is 0 Å². The minimum absolute atomic E-state index is 0.0609. The Balaban J connectivity index is 1.80. The molecule has 1 aliphatic rings. The smallest absolute Gasteiger partial charge is 0.233 e. The van der Waals surface area contributed by atoms with Crippen LogP contribution >= 0.6 is 11.8 Å². The highest BCUT2D eigenvalue weighted by molar-refractivity contribution is 8.00. The molecule has 0 spiro atoms. The van der Waals surface area contributed by atoms with E-state index in [0.717, 1.165) is 29.7 Å². The van der Waals surface area contributed by atoms with Gasteiger partial charge in [0, 0.05) is 6.54 Å². The Morgan fingerprint density at radius 2 is 2.00 bits per heavy atom. The number of hydrogen-bond donors (Lipinski definition) is 2. The largest absolute Gasteiger partial charge is 0.392 e. The number of carbonyl (C=O) groups is 1. The van der Waals surface area contributed by atoms with Crippen LogP contribution in [0.25, 0.3) is 0 Å². The van der Waals surface area contributed by atoms with Gasteiger partial charge in [-0.3, -0.25) is 4.79 Å². The summed E-state index contributed by atoms with van der Waals surface area (Å²) < 4.78 is 0. The molecule has 1 unspecified atom stereocenters. The Morgan fingerprint density at radius 3 is 2.61 bits per heavy atom. The van der Waals surface area contributed by atoms with Crippen LogP contribution in [0, 0.1) is 0 Å². The Labute approximate surface area is 112 Å². The number of carbonyl (C=O) groups excluding carboxylic acids is 1. The first-order chi connectivity index (χ1) is 8.79. The third kappa shape index (κ3) is 3.75. The molecule has 18 heavy (non-hydrogen) atoms. The standard InChI is InChI=1S/C14H19NO2S/c16-10-12-6-4-11(5-7-12)9-15-14(17)13-3-1-2-8-18-13/h4-7,13,16H,1-3,8-10H2,(H,15,17). The lowest BCUT2D eigenvalue weighted by Crippen LogP contribution is -2.33. The Kier molecular flexibility index (Phi) is 5.08. The molecule has 4 heteroatoms. The van der Waals surface area contributed by atoms with Crippen molar-refractivity contribution in [2.75, 3.05) is 5.75 Å². The monoisotopic (exact) mass is 265 g/mol. The van der Waals surface area contributed by atoms with Crippen molar-refractivity contribution in [1.82, 2.24) is 5.32 Å². The molecular formula is C14H19NO2S. The van der Waals surface area contributed by atoms with Crippen molar-refractivity contribution >= 4 is 17.7 Å². The molecule has 1 saturated heterocycles. The average Bonchev–Trinajstić information content (AvgIpc) is 2.46. The zero-order chi connectivity index (χ0) is 12.8. The van der Waals surface area contributed by atoms with E-state index in [1.807, 2.05) is 24.3 Å². The van der Waals surface area contributed by atoms with Crippen molar-refractivity contribution in [3.63, 3.8) is 0 Å². The lowest BCUT2D eigenvalue weighted by molar-refractivity contribution is -0.120. The molecule has 1 fully saturated rings. The molecule has 1 aromatic rings. The minimum atomic E-state index is 0.0609. The van der Waals surface area contributed by atoms with Gasteiger partial charge in [-0.25, -0.2) is 0 Å². The van der Waals surface area contributed by atoms with Crippen molar-refractivity contribution < 1.29 is 9.90 Å². The topological polar surface area (TPSA) is 49.3 Å². The SMILES string of the molecule is O=C(NCc1ccc(CO)cc1)C1CCCCS1. The number of amides is 1. The lowest BCUT2D eigenvalue weighted by Gasteiger charge is -2.20. The van der Waals surface area contributed by atoms with E-state index in [1.165, 1.54) is 6.42 Å². The molecule has 3 nitrogen and oxygen atoms in total. The van der Waals surface area contributed by atoms with Gasteiger partial charge in [0.05, 0.1) is 11.9 Å². The molecule has 1 heterocycles. The molecule has 0 saturated carbocycles. The maximum Gasteiger partial charge on any atom is 0.233 e. The number of thioether (sulfide) groups is 1. The van der Waals surface area contributed by atoms with Gasteiger partial charge in [-0.15, -0.1) is 11.8 Å². The molecule has 0 radical (unpaired) electrons. The fourth-order valence-corrected chi connectivity index (χ4v) is 3.24. The van der Waals surface area contributed by atoms with Crippen LogP contribution in [0.3, 0.4) is 0 Å². The molecule has 98 valence electrons. The van der Waals surface area contributed by atoms with Gasteiger partial charge in [0.1, 0.15) is 0 Å². The van der Waals surface area contributed by atoms with Gasteiger partial charge in [0.25, 0.3) is 0 Å². The molecule has 0 bridgehead atoms. The average molecular weight is 265 g/mol. The van der Waals surface area contributed by atoms with Crippen LogP contribution in [0.4, 0.5) is 0 Å². The molecule has 2 N–H and O–H groups in total. The van der Waals surface area contributed by atoms with E-state index >= 15 is 0 Å². The van der Waals surface area contributed by atoms with E-state index in [1.54, 1.807) is 11.8 Å². The van der Waals surface area contributed by atoms with Crippen molar-refractivity contribution in [2.24, 2.45) is 0 Å². The minimum Gasteiger partial charge on any atom is -0.392 e. The Bertz CT molecular complexity index is 385. The molecule has 2 rings (SSSR count). The van der Waals surface area contributed by atoms with E-state index in [0.29, 0.717) is 6.54 Å². The van der Waals surface area contributed by atoms with Crippen LogP contribution < -0.4 is 5.32 Å². The highest BCUT2D eigenvalue weighted by atomic mass is 32.2. The fourth-order valence-electron chi connectivity index (χ4n) is 2.01. The van der Waals surface area contributed by atoms with E-state index in [-0.39, 0.29) is 17.8 Å². The van der Waals surface area contributed by atoms with E-state index in [4.69, 9.17) is 5.11 Å². The summed E-state index contributed by atoms with van der Waals surface area (Å²) in [7, 11) is 0. The number of aliphatic hydroxyl groups excluding tert-OH is 1. The Morgan fingerprint density at radius 1 is 1.28 bits per heavy atom. The quantitative estimate of drug-likeness (QED) is 0.876. The van der Waals surface area contributed by atoms with Gasteiger partial charge in [-0.05, 0) is 29.7 Å². The summed E-state index contributed by atoms with van der Waals surface area (Å²) in [5.41, 5.74) is 1.97. The summed E-state index contributed by atoms with van der Waals surface area (Å²) in [6, 6.07) is 7.66. The zero-order valence-corrected chi connectivity index (χ0v) is 11.2. The summed E-state index contributed by atoms with van der Waals surface area (Å²) in [5.74, 6) is 1.26. The molecule has 1 aromatic carbocycles. The van der Waals surface area contributed by atoms with Crippen molar-refractivity contribution in [3.05, 3.63) is 35.4 Å². The number of nitrogens with one attached hydrogen (secondary N) is 1. The molecule has 1 aliphatic heterocycles. The molecule has 1 amide bonds. The predicted octanol–water partition coefficient (Wildman–Crippen LogP) is 2.08. The van der Waals surface area contributed by atoms with E-state index < -0.39 is 0 Å². The lowest BCUT2D eigenvalue weighted by atomic mass is 10.1. The number of benzene rings is 1. The molecule has 0 aliphatic carbocycles. The fraction of sp³-hybridized carbons (Fsp3) is 0.500. The maximum absolute atomic E-state index is 11.9. The van der Waals surface area contributed by atoms with E-state index in [9.17, 15) is 4.79 Å². The normalized spacial score (nSPS) is 19.5. The second-order valence-corrected chi connectivity index (χ2v) is 5.86. The Hall–Kier alpha value is -1.00. The first-order valence-electron chi connectivity index (χ1n) is 6.37. The summed E-state index contributed by atoms with van der Waals surface area (Å²) in [6.07, 6.45) is 3.40. The van der Waals surface area contributed by atoms with Crippen LogP contribution in [0.5, 0.6) is 0 Å². The molecule has 1 atom stereocenters. The predicted molar refractivity (Wildman–Crippen MR) is 74.3 cm³/mol. The third-order valence-corrected chi connectivity index (χ3v) is 4.52. The summed E-state index contributed by atoms with van der Waals surface area (Å²) in [4.78, 5) is 11.9. The van der Waals surface area contributed by atoms with Crippen LogP contribution in [-0.4, -0.2) is 22.0 Å². The van der Waals surface area contributed by atoms with Gasteiger partial charge in [-0.2, -0.15) is 0 Å².